The van der Waals surface area contributed by atoms with Crippen LogP contribution < -0.4 is 0 Å². The molecule has 0 amide bonds. The van der Waals surface area contributed by atoms with E-state index in [0.29, 0.717) is 6.07 Å². The highest BCUT2D eigenvalue weighted by Gasteiger charge is 2.19. The van der Waals surface area contributed by atoms with Gasteiger partial charge >= 0.3 is 12.1 Å². The summed E-state index contributed by atoms with van der Waals surface area (Å²) >= 11 is 0. The van der Waals surface area contributed by atoms with Crippen LogP contribution in [0.3, 0.4) is 0 Å². The highest BCUT2D eigenvalue weighted by atomic mass is 19.1. The third-order valence-electron chi connectivity index (χ3n) is 1.93. The van der Waals surface area contributed by atoms with Crippen LogP contribution in [0.1, 0.15) is 26.3 Å². The zero-order valence-corrected chi connectivity index (χ0v) is 11.3. The molecule has 0 bridgehead atoms. The molecule has 0 aliphatic rings. The van der Waals surface area contributed by atoms with Crippen LogP contribution >= 0.6 is 0 Å². The summed E-state index contributed by atoms with van der Waals surface area (Å²) in [6.45, 7) is 4.84. The van der Waals surface area contributed by atoms with E-state index in [9.17, 15) is 18.4 Å². The molecular formula is C14H14F2O4. The van der Waals surface area contributed by atoms with Gasteiger partial charge < -0.3 is 9.47 Å². The molecule has 108 valence electrons. The maximum atomic E-state index is 13.3. The molecule has 1 rings (SSSR count). The van der Waals surface area contributed by atoms with Gasteiger partial charge in [0.25, 0.3) is 0 Å². The second kappa shape index (κ2) is 6.27. The third-order valence-corrected chi connectivity index (χ3v) is 1.93. The van der Waals surface area contributed by atoms with Crippen LogP contribution in [-0.4, -0.2) is 17.7 Å². The number of esters is 1. The molecular weight excluding hydrogens is 270 g/mol. The zero-order chi connectivity index (χ0) is 15.3. The van der Waals surface area contributed by atoms with Crippen molar-refractivity contribution in [1.82, 2.24) is 0 Å². The summed E-state index contributed by atoms with van der Waals surface area (Å²) in [5, 5.41) is 0. The Bertz CT molecular complexity index is 545. The van der Waals surface area contributed by atoms with E-state index >= 15 is 0 Å². The zero-order valence-electron chi connectivity index (χ0n) is 11.3. The van der Waals surface area contributed by atoms with Crippen molar-refractivity contribution >= 4 is 18.2 Å². The number of carbonyl (C=O) groups is 2. The minimum absolute atomic E-state index is 0.00691. The largest absolute Gasteiger partial charge is 0.516 e. The SMILES string of the molecule is CC(C)(C)OC(=O)OC(=O)C=Cc1ccc(F)cc1F. The van der Waals surface area contributed by atoms with Crippen molar-refractivity contribution in [2.45, 2.75) is 26.4 Å². The first kappa shape index (κ1) is 15.8. The minimum Gasteiger partial charge on any atom is -0.428 e. The molecule has 0 spiro atoms. The fourth-order valence-electron chi connectivity index (χ4n) is 1.18. The van der Waals surface area contributed by atoms with Gasteiger partial charge in [0, 0.05) is 17.7 Å². The van der Waals surface area contributed by atoms with Crippen LogP contribution in [0.15, 0.2) is 24.3 Å². The van der Waals surface area contributed by atoms with Gasteiger partial charge in [0.2, 0.25) is 0 Å². The standard InChI is InChI=1S/C14H14F2O4/c1-14(2,3)20-13(18)19-12(17)7-5-9-4-6-10(15)8-11(9)16/h4-8H,1-3H3. The second-order valence-electron chi connectivity index (χ2n) is 4.88. The molecule has 0 atom stereocenters. The monoisotopic (exact) mass is 284 g/mol. The number of hydrogen-bond acceptors (Lipinski definition) is 4. The van der Waals surface area contributed by atoms with Crippen molar-refractivity contribution in [3.8, 4) is 0 Å². The summed E-state index contributed by atoms with van der Waals surface area (Å²) in [5.74, 6) is -2.56. The number of carbonyl (C=O) groups excluding carboxylic acids is 2. The molecule has 0 radical (unpaired) electrons. The van der Waals surface area contributed by atoms with Crippen LogP contribution in [0.4, 0.5) is 13.6 Å². The van der Waals surface area contributed by atoms with Crippen molar-refractivity contribution in [2.75, 3.05) is 0 Å². The average Bonchev–Trinajstić information content (AvgIpc) is 2.24. The van der Waals surface area contributed by atoms with E-state index in [4.69, 9.17) is 4.74 Å². The summed E-state index contributed by atoms with van der Waals surface area (Å²) in [4.78, 5) is 22.5. The van der Waals surface area contributed by atoms with Gasteiger partial charge in [-0.25, -0.2) is 18.4 Å². The van der Waals surface area contributed by atoms with Gasteiger partial charge in [0.05, 0.1) is 0 Å². The Morgan fingerprint density at radius 1 is 1.20 bits per heavy atom. The lowest BCUT2D eigenvalue weighted by molar-refractivity contribution is -0.135. The Morgan fingerprint density at radius 2 is 1.85 bits per heavy atom. The van der Waals surface area contributed by atoms with E-state index < -0.39 is 29.4 Å². The van der Waals surface area contributed by atoms with Crippen molar-refractivity contribution in [2.24, 2.45) is 0 Å². The number of halogens is 2. The fraction of sp³-hybridized carbons (Fsp3) is 0.286. The van der Waals surface area contributed by atoms with Crippen molar-refractivity contribution < 1.29 is 27.8 Å². The van der Waals surface area contributed by atoms with Crippen LogP contribution in [-0.2, 0) is 14.3 Å². The first-order chi connectivity index (χ1) is 9.17. The first-order valence-corrected chi connectivity index (χ1v) is 5.75. The molecule has 0 heterocycles. The minimum atomic E-state index is -1.15. The van der Waals surface area contributed by atoms with E-state index in [1.807, 2.05) is 0 Å². The number of benzene rings is 1. The number of ether oxygens (including phenoxy) is 2. The summed E-state index contributed by atoms with van der Waals surface area (Å²) < 4.78 is 35.0. The van der Waals surface area contributed by atoms with E-state index in [1.54, 1.807) is 20.8 Å². The predicted octanol–water partition coefficient (Wildman–Crippen LogP) is 3.46. The Morgan fingerprint density at radius 3 is 2.40 bits per heavy atom. The average molecular weight is 284 g/mol. The predicted molar refractivity (Wildman–Crippen MR) is 67.7 cm³/mol. The Balaban J connectivity index is 2.62. The summed E-state index contributed by atoms with van der Waals surface area (Å²) in [6.07, 6.45) is 0.772. The van der Waals surface area contributed by atoms with Crippen molar-refractivity contribution in [3.05, 3.63) is 41.5 Å². The molecule has 0 saturated carbocycles. The van der Waals surface area contributed by atoms with Gasteiger partial charge in [0.1, 0.15) is 17.2 Å². The van der Waals surface area contributed by atoms with Gasteiger partial charge in [0.15, 0.2) is 0 Å². The molecule has 0 aromatic heterocycles. The van der Waals surface area contributed by atoms with Crippen LogP contribution in [0.25, 0.3) is 6.08 Å². The van der Waals surface area contributed by atoms with E-state index in [1.165, 1.54) is 0 Å². The first-order valence-electron chi connectivity index (χ1n) is 5.75. The smallest absolute Gasteiger partial charge is 0.428 e. The molecule has 0 saturated heterocycles. The maximum Gasteiger partial charge on any atom is 0.516 e. The lowest BCUT2D eigenvalue weighted by Crippen LogP contribution is -2.25. The number of rotatable bonds is 2. The van der Waals surface area contributed by atoms with Crippen molar-refractivity contribution in [3.63, 3.8) is 0 Å². The quantitative estimate of drug-likeness (QED) is 0.474. The van der Waals surface area contributed by atoms with Gasteiger partial charge in [-0.1, -0.05) is 0 Å². The van der Waals surface area contributed by atoms with Crippen LogP contribution in [0.5, 0.6) is 0 Å². The van der Waals surface area contributed by atoms with Gasteiger partial charge in [-0.05, 0) is 39.0 Å². The molecule has 0 unspecified atom stereocenters. The Hall–Kier alpha value is -2.24. The molecule has 20 heavy (non-hydrogen) atoms. The lowest BCUT2D eigenvalue weighted by atomic mass is 10.2. The van der Waals surface area contributed by atoms with Crippen molar-refractivity contribution in [1.29, 1.82) is 0 Å². The van der Waals surface area contributed by atoms with E-state index in [0.717, 1.165) is 24.3 Å². The summed E-state index contributed by atoms with van der Waals surface area (Å²) in [6, 6.07) is 2.88. The fourth-order valence-corrected chi connectivity index (χ4v) is 1.18. The van der Waals surface area contributed by atoms with Crippen LogP contribution in [0, 0.1) is 11.6 Å². The Labute approximate surface area is 115 Å². The molecule has 1 aromatic carbocycles. The normalized spacial score (nSPS) is 11.4. The molecule has 0 aliphatic heterocycles. The van der Waals surface area contributed by atoms with Gasteiger partial charge in [-0.3, -0.25) is 0 Å². The maximum absolute atomic E-state index is 13.3. The third kappa shape index (κ3) is 5.60. The molecule has 0 aliphatic carbocycles. The molecule has 4 nitrogen and oxygen atoms in total. The number of hydrogen-bond donors (Lipinski definition) is 0. The van der Waals surface area contributed by atoms with E-state index in [2.05, 4.69) is 4.74 Å². The molecule has 1 aromatic rings. The van der Waals surface area contributed by atoms with Crippen LogP contribution in [0.2, 0.25) is 0 Å². The molecule has 0 fully saturated rings. The molecule has 0 N–H and O–H groups in total. The van der Waals surface area contributed by atoms with Gasteiger partial charge in [-0.2, -0.15) is 0 Å². The second-order valence-corrected chi connectivity index (χ2v) is 4.88. The highest BCUT2D eigenvalue weighted by molar-refractivity contribution is 5.93. The summed E-state index contributed by atoms with van der Waals surface area (Å²) in [7, 11) is 0. The Kier molecular flexibility index (Phi) is 4.96. The molecule has 6 heteroatoms. The lowest BCUT2D eigenvalue weighted by Gasteiger charge is -2.17. The van der Waals surface area contributed by atoms with E-state index in [-0.39, 0.29) is 5.56 Å². The van der Waals surface area contributed by atoms with Gasteiger partial charge in [-0.15, -0.1) is 0 Å². The summed E-state index contributed by atoms with van der Waals surface area (Å²) in [5.41, 5.74) is -0.794. The topological polar surface area (TPSA) is 52.6 Å². The highest BCUT2D eigenvalue weighted by Crippen LogP contribution is 2.12.